The molecule has 2 fully saturated rings. The summed E-state index contributed by atoms with van der Waals surface area (Å²) in [6.45, 7) is 4.02. The fourth-order valence-electron chi connectivity index (χ4n) is 4.92. The van der Waals surface area contributed by atoms with E-state index < -0.39 is 0 Å². The van der Waals surface area contributed by atoms with E-state index in [4.69, 9.17) is 15.2 Å². The SMILES string of the molecule is Nc1ccccc1OCCCN1CCC(OC(c2ccccc2)C2CCCC2)CC1. The first-order chi connectivity index (χ1) is 14.8. The van der Waals surface area contributed by atoms with Gasteiger partial charge in [0.2, 0.25) is 0 Å². The first-order valence-corrected chi connectivity index (χ1v) is 11.7. The van der Waals surface area contributed by atoms with Crippen molar-refractivity contribution in [2.24, 2.45) is 5.92 Å². The lowest BCUT2D eigenvalue weighted by Gasteiger charge is -2.35. The number of para-hydroxylation sites is 2. The minimum absolute atomic E-state index is 0.273. The molecule has 4 nitrogen and oxygen atoms in total. The summed E-state index contributed by atoms with van der Waals surface area (Å²) >= 11 is 0. The van der Waals surface area contributed by atoms with Crippen molar-refractivity contribution in [3.8, 4) is 5.75 Å². The van der Waals surface area contributed by atoms with Crippen LogP contribution in [0.25, 0.3) is 0 Å². The number of hydrogen-bond donors (Lipinski definition) is 1. The molecule has 1 atom stereocenters. The third-order valence-corrected chi connectivity index (χ3v) is 6.63. The normalized spacial score (nSPS) is 19.7. The highest BCUT2D eigenvalue weighted by molar-refractivity contribution is 5.51. The lowest BCUT2D eigenvalue weighted by molar-refractivity contribution is -0.0683. The van der Waals surface area contributed by atoms with Crippen molar-refractivity contribution < 1.29 is 9.47 Å². The Morgan fingerprint density at radius 1 is 0.900 bits per heavy atom. The van der Waals surface area contributed by atoms with E-state index in [1.165, 1.54) is 31.2 Å². The molecule has 4 heteroatoms. The van der Waals surface area contributed by atoms with Gasteiger partial charge in [-0.05, 0) is 55.7 Å². The summed E-state index contributed by atoms with van der Waals surface area (Å²) in [7, 11) is 0. The fraction of sp³-hybridized carbons (Fsp3) is 0.538. The maximum absolute atomic E-state index is 6.74. The molecule has 2 aliphatic rings. The van der Waals surface area contributed by atoms with Gasteiger partial charge in [0.05, 0.1) is 24.5 Å². The molecule has 0 amide bonds. The molecule has 30 heavy (non-hydrogen) atoms. The van der Waals surface area contributed by atoms with Crippen LogP contribution in [0.15, 0.2) is 54.6 Å². The summed E-state index contributed by atoms with van der Waals surface area (Å²) in [5.74, 6) is 1.48. The van der Waals surface area contributed by atoms with E-state index in [2.05, 4.69) is 35.2 Å². The lowest BCUT2D eigenvalue weighted by Crippen LogP contribution is -2.38. The monoisotopic (exact) mass is 408 g/mol. The summed E-state index contributed by atoms with van der Waals surface area (Å²) in [6, 6.07) is 18.6. The second kappa shape index (κ2) is 10.8. The standard InChI is InChI=1S/C26H36N2O2/c27-24-13-6-7-14-25(24)29-20-8-17-28-18-15-23(16-19-28)30-26(22-11-4-5-12-22)21-9-2-1-3-10-21/h1-3,6-7,9-10,13-14,22-23,26H,4-5,8,11-12,15-20,27H2. The Morgan fingerprint density at radius 3 is 2.33 bits per heavy atom. The smallest absolute Gasteiger partial charge is 0.142 e. The van der Waals surface area contributed by atoms with Crippen molar-refractivity contribution >= 4 is 5.69 Å². The summed E-state index contributed by atoms with van der Waals surface area (Å²) < 4.78 is 12.6. The van der Waals surface area contributed by atoms with E-state index in [1.54, 1.807) is 0 Å². The summed E-state index contributed by atoms with van der Waals surface area (Å²) in [5.41, 5.74) is 8.02. The molecule has 1 unspecified atom stereocenters. The van der Waals surface area contributed by atoms with E-state index in [9.17, 15) is 0 Å². The zero-order valence-electron chi connectivity index (χ0n) is 18.0. The molecule has 1 aliphatic heterocycles. The molecule has 2 aromatic rings. The predicted molar refractivity (Wildman–Crippen MR) is 123 cm³/mol. The third-order valence-electron chi connectivity index (χ3n) is 6.63. The highest BCUT2D eigenvalue weighted by Gasteiger charge is 2.30. The number of benzene rings is 2. The van der Waals surface area contributed by atoms with Gasteiger partial charge in [0.1, 0.15) is 5.75 Å². The van der Waals surface area contributed by atoms with Crippen molar-refractivity contribution in [3.63, 3.8) is 0 Å². The molecule has 2 aromatic carbocycles. The van der Waals surface area contributed by atoms with Crippen LogP contribution in [0, 0.1) is 5.92 Å². The van der Waals surface area contributed by atoms with Crippen LogP contribution < -0.4 is 10.5 Å². The van der Waals surface area contributed by atoms with Crippen molar-refractivity contribution in [1.82, 2.24) is 4.90 Å². The van der Waals surface area contributed by atoms with Crippen molar-refractivity contribution in [3.05, 3.63) is 60.2 Å². The van der Waals surface area contributed by atoms with E-state index in [-0.39, 0.29) is 6.10 Å². The van der Waals surface area contributed by atoms with Gasteiger partial charge in [-0.15, -0.1) is 0 Å². The Morgan fingerprint density at radius 2 is 1.60 bits per heavy atom. The fourth-order valence-corrected chi connectivity index (χ4v) is 4.92. The predicted octanol–water partition coefficient (Wildman–Crippen LogP) is 5.45. The number of piperidine rings is 1. The quantitative estimate of drug-likeness (QED) is 0.443. The Kier molecular flexibility index (Phi) is 7.65. The van der Waals surface area contributed by atoms with E-state index in [0.717, 1.165) is 44.6 Å². The number of likely N-dealkylation sites (tertiary alicyclic amines) is 1. The van der Waals surface area contributed by atoms with E-state index in [1.807, 2.05) is 24.3 Å². The second-order valence-corrected chi connectivity index (χ2v) is 8.79. The Labute approximate surface area is 181 Å². The molecule has 1 saturated heterocycles. The molecule has 0 bridgehead atoms. The molecule has 4 rings (SSSR count). The highest BCUT2D eigenvalue weighted by atomic mass is 16.5. The minimum atomic E-state index is 0.273. The Bertz CT molecular complexity index is 753. The summed E-state index contributed by atoms with van der Waals surface area (Å²) in [5, 5.41) is 0. The van der Waals surface area contributed by atoms with Crippen molar-refractivity contribution in [2.45, 2.75) is 57.2 Å². The zero-order chi connectivity index (χ0) is 20.6. The maximum Gasteiger partial charge on any atom is 0.142 e. The van der Waals surface area contributed by atoms with Gasteiger partial charge < -0.3 is 20.1 Å². The van der Waals surface area contributed by atoms with Gasteiger partial charge in [0, 0.05) is 19.6 Å². The highest BCUT2D eigenvalue weighted by Crippen LogP contribution is 2.39. The largest absolute Gasteiger partial charge is 0.491 e. The van der Waals surface area contributed by atoms with Gasteiger partial charge in [-0.3, -0.25) is 0 Å². The number of nitrogen functional groups attached to an aromatic ring is 1. The first-order valence-electron chi connectivity index (χ1n) is 11.7. The van der Waals surface area contributed by atoms with E-state index in [0.29, 0.717) is 24.3 Å². The molecule has 2 N–H and O–H groups in total. The van der Waals surface area contributed by atoms with Crippen LogP contribution in [0.2, 0.25) is 0 Å². The van der Waals surface area contributed by atoms with Gasteiger partial charge in [0.25, 0.3) is 0 Å². The van der Waals surface area contributed by atoms with Crippen LogP contribution in [0.3, 0.4) is 0 Å². The van der Waals surface area contributed by atoms with Crippen LogP contribution in [-0.2, 0) is 4.74 Å². The third kappa shape index (κ3) is 5.77. The van der Waals surface area contributed by atoms with Crippen LogP contribution >= 0.6 is 0 Å². The number of rotatable bonds is 9. The molecular formula is C26H36N2O2. The van der Waals surface area contributed by atoms with Crippen LogP contribution in [-0.4, -0.2) is 37.2 Å². The molecule has 1 saturated carbocycles. The number of nitrogens with two attached hydrogens (primary N) is 1. The van der Waals surface area contributed by atoms with Crippen LogP contribution in [0.1, 0.15) is 56.6 Å². The van der Waals surface area contributed by atoms with Gasteiger partial charge in [-0.25, -0.2) is 0 Å². The molecule has 0 radical (unpaired) electrons. The van der Waals surface area contributed by atoms with Crippen LogP contribution in [0.5, 0.6) is 5.75 Å². The Hall–Kier alpha value is -2.04. The molecule has 0 aromatic heterocycles. The summed E-state index contributed by atoms with van der Waals surface area (Å²) in [4.78, 5) is 2.55. The number of hydrogen-bond acceptors (Lipinski definition) is 4. The molecule has 1 aliphatic carbocycles. The van der Waals surface area contributed by atoms with Gasteiger partial charge >= 0.3 is 0 Å². The van der Waals surface area contributed by atoms with Gasteiger partial charge in [-0.2, -0.15) is 0 Å². The number of nitrogens with zero attached hydrogens (tertiary/aromatic N) is 1. The lowest BCUT2D eigenvalue weighted by atomic mass is 9.93. The van der Waals surface area contributed by atoms with E-state index >= 15 is 0 Å². The molecule has 0 spiro atoms. The first kappa shape index (κ1) is 21.2. The Balaban J connectivity index is 1.20. The topological polar surface area (TPSA) is 47.7 Å². The van der Waals surface area contributed by atoms with Gasteiger partial charge in [-0.1, -0.05) is 55.3 Å². The molecule has 162 valence electrons. The average Bonchev–Trinajstić information content (AvgIpc) is 3.32. The summed E-state index contributed by atoms with van der Waals surface area (Å²) in [6.07, 6.45) is 9.26. The maximum atomic E-state index is 6.74. The van der Waals surface area contributed by atoms with Crippen LogP contribution in [0.4, 0.5) is 5.69 Å². The van der Waals surface area contributed by atoms with Crippen molar-refractivity contribution in [1.29, 1.82) is 0 Å². The molecular weight excluding hydrogens is 372 g/mol. The minimum Gasteiger partial charge on any atom is -0.491 e. The number of ether oxygens (including phenoxy) is 2. The second-order valence-electron chi connectivity index (χ2n) is 8.79. The average molecular weight is 409 g/mol. The van der Waals surface area contributed by atoms with Crippen molar-refractivity contribution in [2.75, 3.05) is 32.0 Å². The number of anilines is 1. The zero-order valence-corrected chi connectivity index (χ0v) is 18.0. The van der Waals surface area contributed by atoms with Gasteiger partial charge in [0.15, 0.2) is 0 Å². The molecule has 1 heterocycles.